The van der Waals surface area contributed by atoms with Crippen LogP contribution in [0.5, 0.6) is 5.75 Å². The van der Waals surface area contributed by atoms with E-state index in [0.717, 1.165) is 17.0 Å². The van der Waals surface area contributed by atoms with Crippen molar-refractivity contribution in [3.8, 4) is 5.75 Å². The summed E-state index contributed by atoms with van der Waals surface area (Å²) in [5, 5.41) is 0. The molecule has 0 aliphatic rings. The molecule has 2 N–H and O–H groups in total. The molecule has 5 heteroatoms. The third kappa shape index (κ3) is 2.76. The lowest BCUT2D eigenvalue weighted by Crippen LogP contribution is -2.18. The van der Waals surface area contributed by atoms with Crippen molar-refractivity contribution in [2.24, 2.45) is 5.73 Å². The van der Waals surface area contributed by atoms with Crippen LogP contribution in [0.1, 0.15) is 23.0 Å². The molecule has 2 aromatic rings. The summed E-state index contributed by atoms with van der Waals surface area (Å²) < 4.78 is 20.5. The van der Waals surface area contributed by atoms with Gasteiger partial charge >= 0.3 is 0 Å². The highest BCUT2D eigenvalue weighted by Crippen LogP contribution is 2.22. The second-order valence-corrected chi connectivity index (χ2v) is 4.57. The molecular weight excluding hydrogens is 245 g/mol. The minimum absolute atomic E-state index is 0.227. The van der Waals surface area contributed by atoms with E-state index in [1.165, 1.54) is 13.2 Å². The molecule has 4 nitrogen and oxygen atoms in total. The molecule has 102 valence electrons. The Morgan fingerprint density at radius 3 is 2.68 bits per heavy atom. The summed E-state index contributed by atoms with van der Waals surface area (Å²) in [6.45, 7) is 4.51. The molecule has 19 heavy (non-hydrogen) atoms. The maximum atomic E-state index is 13.6. The lowest BCUT2D eigenvalue weighted by Gasteiger charge is -2.15. The highest BCUT2D eigenvalue weighted by molar-refractivity contribution is 5.31. The predicted molar refractivity (Wildman–Crippen MR) is 71.6 cm³/mol. The van der Waals surface area contributed by atoms with Gasteiger partial charge in [-0.3, -0.25) is 0 Å². The summed E-state index contributed by atoms with van der Waals surface area (Å²) in [5.74, 6) is -0.167. The van der Waals surface area contributed by atoms with E-state index in [1.807, 2.05) is 18.4 Å². The van der Waals surface area contributed by atoms with Crippen LogP contribution in [0.25, 0.3) is 0 Å². The molecular formula is C14H18FN3O. The van der Waals surface area contributed by atoms with Crippen LogP contribution in [-0.4, -0.2) is 16.7 Å². The maximum absolute atomic E-state index is 13.6. The third-order valence-corrected chi connectivity index (χ3v) is 3.34. The molecule has 0 spiro atoms. The number of aromatic nitrogens is 2. The third-order valence-electron chi connectivity index (χ3n) is 3.34. The van der Waals surface area contributed by atoms with Crippen LogP contribution in [0, 0.1) is 19.7 Å². The number of benzene rings is 1. The van der Waals surface area contributed by atoms with Gasteiger partial charge in [0.1, 0.15) is 0 Å². The normalized spacial score (nSPS) is 12.5. The second-order valence-electron chi connectivity index (χ2n) is 4.57. The molecule has 2 rings (SSSR count). The van der Waals surface area contributed by atoms with E-state index in [0.29, 0.717) is 6.54 Å². The largest absolute Gasteiger partial charge is 0.494 e. The summed E-state index contributed by atoms with van der Waals surface area (Å²) >= 11 is 0. The minimum atomic E-state index is -0.394. The van der Waals surface area contributed by atoms with Gasteiger partial charge in [-0.2, -0.15) is 0 Å². The van der Waals surface area contributed by atoms with E-state index in [2.05, 4.69) is 4.98 Å². The highest BCUT2D eigenvalue weighted by Gasteiger charge is 2.12. The fourth-order valence-electron chi connectivity index (χ4n) is 1.96. The lowest BCUT2D eigenvalue weighted by atomic mass is 10.1. The second kappa shape index (κ2) is 5.40. The van der Waals surface area contributed by atoms with E-state index in [4.69, 9.17) is 10.5 Å². The van der Waals surface area contributed by atoms with Crippen LogP contribution in [0.2, 0.25) is 0 Å². The van der Waals surface area contributed by atoms with Crippen molar-refractivity contribution in [3.63, 3.8) is 0 Å². The van der Waals surface area contributed by atoms with Gasteiger partial charge in [0, 0.05) is 18.3 Å². The number of aryl methyl sites for hydroxylation is 1. The van der Waals surface area contributed by atoms with Gasteiger partial charge in [0.25, 0.3) is 0 Å². The molecule has 1 unspecified atom stereocenters. The molecule has 1 aromatic carbocycles. The number of imidazole rings is 1. The smallest absolute Gasteiger partial charge is 0.165 e. The van der Waals surface area contributed by atoms with Crippen LogP contribution in [-0.2, 0) is 6.54 Å². The average molecular weight is 263 g/mol. The molecule has 0 fully saturated rings. The van der Waals surface area contributed by atoms with E-state index in [-0.39, 0.29) is 11.8 Å². The Morgan fingerprint density at radius 2 is 2.16 bits per heavy atom. The summed E-state index contributed by atoms with van der Waals surface area (Å²) in [6.07, 6.45) is 1.75. The zero-order chi connectivity index (χ0) is 14.0. The number of halogens is 1. The first-order chi connectivity index (χ1) is 9.02. The zero-order valence-corrected chi connectivity index (χ0v) is 11.4. The van der Waals surface area contributed by atoms with Crippen molar-refractivity contribution in [1.82, 2.24) is 9.55 Å². The Labute approximate surface area is 112 Å². The van der Waals surface area contributed by atoms with Gasteiger partial charge in [0.15, 0.2) is 11.6 Å². The van der Waals surface area contributed by atoms with Gasteiger partial charge in [-0.15, -0.1) is 0 Å². The molecule has 1 heterocycles. The van der Waals surface area contributed by atoms with Gasteiger partial charge in [-0.25, -0.2) is 9.37 Å². The standard InChI is InChI=1S/C14H18FN3O/c1-9-10(2)18(8-17-9)7-13(16)11-4-5-14(19-3)12(15)6-11/h4-6,8,13H,7,16H2,1-3H3. The van der Waals surface area contributed by atoms with Gasteiger partial charge < -0.3 is 15.0 Å². The Morgan fingerprint density at radius 1 is 1.42 bits per heavy atom. The number of hydrogen-bond acceptors (Lipinski definition) is 3. The van der Waals surface area contributed by atoms with Crippen molar-refractivity contribution in [3.05, 3.63) is 47.3 Å². The first-order valence-electron chi connectivity index (χ1n) is 6.10. The minimum Gasteiger partial charge on any atom is -0.494 e. The predicted octanol–water partition coefficient (Wildman–Crippen LogP) is 2.35. The van der Waals surface area contributed by atoms with Crippen LogP contribution in [0.3, 0.4) is 0 Å². The summed E-state index contributed by atoms with van der Waals surface area (Å²) in [7, 11) is 1.44. The molecule has 0 saturated heterocycles. The topological polar surface area (TPSA) is 53.1 Å². The van der Waals surface area contributed by atoms with Crippen molar-refractivity contribution in [1.29, 1.82) is 0 Å². The van der Waals surface area contributed by atoms with Crippen LogP contribution in [0.4, 0.5) is 4.39 Å². The van der Waals surface area contributed by atoms with E-state index in [9.17, 15) is 4.39 Å². The lowest BCUT2D eigenvalue weighted by molar-refractivity contribution is 0.385. The van der Waals surface area contributed by atoms with E-state index >= 15 is 0 Å². The van der Waals surface area contributed by atoms with Gasteiger partial charge in [0.2, 0.25) is 0 Å². The Hall–Kier alpha value is -1.88. The number of nitrogens with zero attached hydrogens (tertiary/aromatic N) is 2. The Kier molecular flexibility index (Phi) is 3.85. The Balaban J connectivity index is 2.18. The molecule has 0 saturated carbocycles. The van der Waals surface area contributed by atoms with Gasteiger partial charge in [0.05, 0.1) is 19.1 Å². The van der Waals surface area contributed by atoms with Gasteiger partial charge in [-0.1, -0.05) is 6.07 Å². The molecule has 1 aromatic heterocycles. The first-order valence-corrected chi connectivity index (χ1v) is 6.10. The van der Waals surface area contributed by atoms with Crippen LogP contribution < -0.4 is 10.5 Å². The fraction of sp³-hybridized carbons (Fsp3) is 0.357. The van der Waals surface area contributed by atoms with E-state index < -0.39 is 5.82 Å². The summed E-state index contributed by atoms with van der Waals surface area (Å²) in [5.41, 5.74) is 8.90. The number of ether oxygens (including phenoxy) is 1. The first kappa shape index (κ1) is 13.5. The SMILES string of the molecule is COc1ccc(C(N)Cn2cnc(C)c2C)cc1F. The molecule has 1 atom stereocenters. The van der Waals surface area contributed by atoms with E-state index in [1.54, 1.807) is 18.5 Å². The molecule has 0 radical (unpaired) electrons. The number of rotatable bonds is 4. The molecule has 0 bridgehead atoms. The summed E-state index contributed by atoms with van der Waals surface area (Å²) in [4.78, 5) is 4.22. The molecule has 0 amide bonds. The van der Waals surface area contributed by atoms with Crippen LogP contribution >= 0.6 is 0 Å². The number of hydrogen-bond donors (Lipinski definition) is 1. The quantitative estimate of drug-likeness (QED) is 0.921. The maximum Gasteiger partial charge on any atom is 0.165 e. The highest BCUT2D eigenvalue weighted by atomic mass is 19.1. The van der Waals surface area contributed by atoms with Crippen molar-refractivity contribution >= 4 is 0 Å². The van der Waals surface area contributed by atoms with Crippen molar-refractivity contribution in [2.45, 2.75) is 26.4 Å². The number of nitrogens with two attached hydrogens (primary N) is 1. The average Bonchev–Trinajstić information content (AvgIpc) is 2.70. The zero-order valence-electron chi connectivity index (χ0n) is 11.4. The monoisotopic (exact) mass is 263 g/mol. The van der Waals surface area contributed by atoms with Gasteiger partial charge in [-0.05, 0) is 31.5 Å². The molecule has 0 aliphatic carbocycles. The van der Waals surface area contributed by atoms with Crippen molar-refractivity contribution < 1.29 is 9.13 Å². The van der Waals surface area contributed by atoms with Crippen LogP contribution in [0.15, 0.2) is 24.5 Å². The number of methoxy groups -OCH3 is 1. The summed E-state index contributed by atoms with van der Waals surface area (Å²) in [6, 6.07) is 4.51. The molecule has 0 aliphatic heterocycles. The fourth-order valence-corrected chi connectivity index (χ4v) is 1.96. The van der Waals surface area contributed by atoms with Crippen molar-refractivity contribution in [2.75, 3.05) is 7.11 Å². The Bertz CT molecular complexity index is 580.